The highest BCUT2D eigenvalue weighted by molar-refractivity contribution is 7.47. The third-order valence-corrected chi connectivity index (χ3v) is 6.41. The number of hydrogen-bond donors (Lipinski definition) is 2. The number of likely N-dealkylation sites (N-methyl/N-ethyl adjacent to an activating group) is 1. The van der Waals surface area contributed by atoms with Crippen LogP contribution in [0.1, 0.15) is 96.8 Å². The monoisotopic (exact) mass is 496 g/mol. The first kappa shape index (κ1) is 32.5. The standard InChI is InChI=1S/C24H50NO7P/c1-5-6-7-8-9-10-11-12-13-14-15-16-17-18-24(27)32-23(21-26)22-31-33(28,29)30-20-19-25(2,3)4/h23,26H,5-22H2,1-4H3/p+1/t23-/m0/s1. The molecule has 2 atom stereocenters. The van der Waals surface area contributed by atoms with Crippen LogP contribution in [0.5, 0.6) is 0 Å². The molecule has 198 valence electrons. The lowest BCUT2D eigenvalue weighted by Crippen LogP contribution is -2.37. The second kappa shape index (κ2) is 19.8. The van der Waals surface area contributed by atoms with Gasteiger partial charge in [-0.2, -0.15) is 0 Å². The van der Waals surface area contributed by atoms with Crippen molar-refractivity contribution in [3.63, 3.8) is 0 Å². The number of esters is 1. The highest BCUT2D eigenvalue weighted by atomic mass is 31.2. The second-order valence-corrected chi connectivity index (χ2v) is 11.4. The number of carbonyl (C=O) groups excluding carboxylic acids is 1. The number of quaternary nitrogens is 1. The zero-order valence-electron chi connectivity index (χ0n) is 21.6. The Morgan fingerprint density at radius 3 is 1.79 bits per heavy atom. The summed E-state index contributed by atoms with van der Waals surface area (Å²) in [6, 6.07) is 0. The number of carbonyl (C=O) groups is 1. The predicted molar refractivity (Wildman–Crippen MR) is 132 cm³/mol. The number of ether oxygens (including phenoxy) is 1. The lowest BCUT2D eigenvalue weighted by atomic mass is 10.0. The fourth-order valence-corrected chi connectivity index (χ4v) is 4.04. The van der Waals surface area contributed by atoms with E-state index < -0.39 is 26.5 Å². The van der Waals surface area contributed by atoms with Crippen molar-refractivity contribution in [1.82, 2.24) is 0 Å². The SMILES string of the molecule is CCCCCCCCCCCCCCCC(=O)O[C@@H](CO)COP(=O)(O)OCC[N+](C)(C)C. The topological polar surface area (TPSA) is 102 Å². The van der Waals surface area contributed by atoms with Crippen LogP contribution in [0.25, 0.3) is 0 Å². The van der Waals surface area contributed by atoms with Gasteiger partial charge in [-0.25, -0.2) is 4.57 Å². The van der Waals surface area contributed by atoms with Gasteiger partial charge >= 0.3 is 13.8 Å². The van der Waals surface area contributed by atoms with Gasteiger partial charge in [0.25, 0.3) is 0 Å². The number of rotatable bonds is 23. The van der Waals surface area contributed by atoms with Crippen molar-refractivity contribution >= 4 is 13.8 Å². The van der Waals surface area contributed by atoms with Crippen LogP contribution in [0.2, 0.25) is 0 Å². The van der Waals surface area contributed by atoms with Gasteiger partial charge in [0.2, 0.25) is 0 Å². The molecule has 0 aromatic carbocycles. The average molecular weight is 497 g/mol. The Bertz CT molecular complexity index is 525. The molecule has 0 saturated carbocycles. The first-order chi connectivity index (χ1) is 15.6. The minimum Gasteiger partial charge on any atom is -0.457 e. The van der Waals surface area contributed by atoms with Gasteiger partial charge in [0.15, 0.2) is 0 Å². The molecule has 0 spiro atoms. The molecule has 0 fully saturated rings. The highest BCUT2D eigenvalue weighted by Crippen LogP contribution is 2.43. The molecule has 0 rings (SSSR count). The molecule has 0 aliphatic rings. The Kier molecular flexibility index (Phi) is 19.5. The molecular weight excluding hydrogens is 445 g/mol. The Hall–Kier alpha value is -0.500. The highest BCUT2D eigenvalue weighted by Gasteiger charge is 2.25. The summed E-state index contributed by atoms with van der Waals surface area (Å²) in [4.78, 5) is 21.7. The van der Waals surface area contributed by atoms with Crippen molar-refractivity contribution in [2.75, 3.05) is 47.5 Å². The van der Waals surface area contributed by atoms with Gasteiger partial charge in [-0.05, 0) is 6.42 Å². The van der Waals surface area contributed by atoms with E-state index in [0.29, 0.717) is 11.0 Å². The average Bonchev–Trinajstić information content (AvgIpc) is 2.73. The summed E-state index contributed by atoms with van der Waals surface area (Å²) in [5, 5.41) is 9.37. The van der Waals surface area contributed by atoms with Gasteiger partial charge in [0.05, 0.1) is 34.4 Å². The van der Waals surface area contributed by atoms with Gasteiger partial charge in [0, 0.05) is 6.42 Å². The summed E-state index contributed by atoms with van der Waals surface area (Å²) in [7, 11) is 1.55. The normalized spacial score (nSPS) is 14.7. The van der Waals surface area contributed by atoms with E-state index in [0.717, 1.165) is 19.3 Å². The molecule has 9 heteroatoms. The quantitative estimate of drug-likeness (QED) is 0.0866. The minimum absolute atomic E-state index is 0.0555. The number of hydrogen-bond acceptors (Lipinski definition) is 6. The first-order valence-electron chi connectivity index (χ1n) is 12.8. The van der Waals surface area contributed by atoms with Crippen LogP contribution < -0.4 is 0 Å². The molecular formula is C24H51NO7P+. The second-order valence-electron chi connectivity index (χ2n) is 9.90. The van der Waals surface area contributed by atoms with E-state index >= 15 is 0 Å². The van der Waals surface area contributed by atoms with Gasteiger partial charge in [-0.3, -0.25) is 13.8 Å². The van der Waals surface area contributed by atoms with Crippen LogP contribution in [0.15, 0.2) is 0 Å². The van der Waals surface area contributed by atoms with Crippen molar-refractivity contribution in [3.05, 3.63) is 0 Å². The maximum atomic E-state index is 12.0. The molecule has 0 radical (unpaired) electrons. The van der Waals surface area contributed by atoms with E-state index in [9.17, 15) is 19.4 Å². The van der Waals surface area contributed by atoms with Crippen LogP contribution in [-0.4, -0.2) is 74.1 Å². The van der Waals surface area contributed by atoms with Gasteiger partial charge in [-0.15, -0.1) is 0 Å². The Morgan fingerprint density at radius 2 is 1.33 bits per heavy atom. The summed E-state index contributed by atoms with van der Waals surface area (Å²) < 4.78 is 27.4. The molecule has 33 heavy (non-hydrogen) atoms. The predicted octanol–water partition coefficient (Wildman–Crippen LogP) is 5.21. The summed E-state index contributed by atoms with van der Waals surface area (Å²) in [5.74, 6) is -0.431. The molecule has 1 unspecified atom stereocenters. The van der Waals surface area contributed by atoms with Crippen LogP contribution in [0.4, 0.5) is 0 Å². The van der Waals surface area contributed by atoms with E-state index in [-0.39, 0.29) is 19.6 Å². The van der Waals surface area contributed by atoms with Gasteiger partial charge in [-0.1, -0.05) is 84.0 Å². The summed E-state index contributed by atoms with van der Waals surface area (Å²) >= 11 is 0. The van der Waals surface area contributed by atoms with E-state index in [1.54, 1.807) is 0 Å². The van der Waals surface area contributed by atoms with E-state index in [2.05, 4.69) is 6.92 Å². The number of unbranched alkanes of at least 4 members (excludes halogenated alkanes) is 12. The van der Waals surface area contributed by atoms with E-state index in [4.69, 9.17) is 13.8 Å². The van der Waals surface area contributed by atoms with Crippen molar-refractivity contribution in [2.45, 2.75) is 103 Å². The van der Waals surface area contributed by atoms with E-state index in [1.807, 2.05) is 21.1 Å². The van der Waals surface area contributed by atoms with Gasteiger partial charge < -0.3 is 19.2 Å². The van der Waals surface area contributed by atoms with Crippen molar-refractivity contribution in [2.24, 2.45) is 0 Å². The number of nitrogens with zero attached hydrogens (tertiary/aromatic N) is 1. The van der Waals surface area contributed by atoms with Crippen LogP contribution in [-0.2, 0) is 23.1 Å². The zero-order chi connectivity index (χ0) is 25.0. The van der Waals surface area contributed by atoms with Gasteiger partial charge in [0.1, 0.15) is 19.3 Å². The number of phosphoric ester groups is 1. The zero-order valence-corrected chi connectivity index (χ0v) is 22.5. The molecule has 0 saturated heterocycles. The third kappa shape index (κ3) is 23.0. The van der Waals surface area contributed by atoms with E-state index in [1.165, 1.54) is 64.2 Å². The van der Waals surface area contributed by atoms with Crippen LogP contribution >= 0.6 is 7.82 Å². The Morgan fingerprint density at radius 1 is 0.848 bits per heavy atom. The van der Waals surface area contributed by atoms with Crippen molar-refractivity contribution in [1.29, 1.82) is 0 Å². The van der Waals surface area contributed by atoms with Crippen LogP contribution in [0, 0.1) is 0 Å². The summed E-state index contributed by atoms with van der Waals surface area (Å²) in [6.07, 6.45) is 15.3. The fourth-order valence-electron chi connectivity index (χ4n) is 3.30. The molecule has 0 aliphatic heterocycles. The number of phosphoric acid groups is 1. The molecule has 0 bridgehead atoms. The summed E-state index contributed by atoms with van der Waals surface area (Å²) in [6.45, 7) is 1.96. The number of aliphatic hydroxyl groups is 1. The maximum absolute atomic E-state index is 12.0. The fraction of sp³-hybridized carbons (Fsp3) is 0.958. The lowest BCUT2D eigenvalue weighted by Gasteiger charge is -2.24. The van der Waals surface area contributed by atoms with Crippen molar-refractivity contribution < 1.29 is 37.6 Å². The molecule has 2 N–H and O–H groups in total. The molecule has 0 heterocycles. The lowest BCUT2D eigenvalue weighted by molar-refractivity contribution is -0.870. The first-order valence-corrected chi connectivity index (χ1v) is 14.3. The molecule has 0 amide bonds. The molecule has 0 aromatic rings. The summed E-state index contributed by atoms with van der Waals surface area (Å²) in [5.41, 5.74) is 0. The largest absolute Gasteiger partial charge is 0.472 e. The smallest absolute Gasteiger partial charge is 0.457 e. The Balaban J connectivity index is 3.74. The molecule has 0 aromatic heterocycles. The Labute approximate surface area is 202 Å². The minimum atomic E-state index is -4.25. The van der Waals surface area contributed by atoms with Crippen molar-refractivity contribution in [3.8, 4) is 0 Å². The van der Waals surface area contributed by atoms with Crippen LogP contribution in [0.3, 0.4) is 0 Å². The molecule has 0 aliphatic carbocycles. The third-order valence-electron chi connectivity index (χ3n) is 5.43. The number of aliphatic hydroxyl groups excluding tert-OH is 1. The maximum Gasteiger partial charge on any atom is 0.472 e. The molecule has 8 nitrogen and oxygen atoms in total.